The number of aromatic nitrogens is 1. The predicted molar refractivity (Wildman–Crippen MR) is 127 cm³/mol. The highest BCUT2D eigenvalue weighted by molar-refractivity contribution is 7.16. The molecule has 1 saturated heterocycles. The number of hydrogen-bond donors (Lipinski definition) is 2. The van der Waals surface area contributed by atoms with Crippen molar-refractivity contribution in [1.82, 2.24) is 9.88 Å². The molecule has 4 rings (SSSR count). The number of hydrogen-bond acceptors (Lipinski definition) is 6. The lowest BCUT2D eigenvalue weighted by atomic mass is 10.1. The summed E-state index contributed by atoms with van der Waals surface area (Å²) in [4.78, 5) is 32.6. The number of carbonyl (C=O) groups is 2. The molecule has 1 aliphatic rings. The van der Waals surface area contributed by atoms with E-state index in [1.54, 1.807) is 0 Å². The van der Waals surface area contributed by atoms with Crippen molar-refractivity contribution in [2.45, 2.75) is 19.4 Å². The number of nitrogens with one attached hydrogen (secondary N) is 2. The summed E-state index contributed by atoms with van der Waals surface area (Å²) in [6.07, 6.45) is 0.0346. The first-order valence-electron chi connectivity index (χ1n) is 10.8. The summed E-state index contributed by atoms with van der Waals surface area (Å²) >= 11 is 1.45. The summed E-state index contributed by atoms with van der Waals surface area (Å²) in [6, 6.07) is 15.4. The number of anilines is 2. The van der Waals surface area contributed by atoms with E-state index in [1.807, 2.05) is 30.3 Å². The first kappa shape index (κ1) is 23.0. The second-order valence-electron chi connectivity index (χ2n) is 7.65. The highest BCUT2D eigenvalue weighted by atomic mass is 32.1. The molecule has 9 heteroatoms. The van der Waals surface area contributed by atoms with E-state index in [2.05, 4.69) is 20.5 Å². The summed E-state index contributed by atoms with van der Waals surface area (Å²) in [5.41, 5.74) is 2.34. The van der Waals surface area contributed by atoms with Gasteiger partial charge >= 0.3 is 0 Å². The minimum atomic E-state index is -0.376. The highest BCUT2D eigenvalue weighted by Crippen LogP contribution is 2.32. The highest BCUT2D eigenvalue weighted by Gasteiger charge is 2.19. The van der Waals surface area contributed by atoms with Crippen LogP contribution in [0.1, 0.15) is 17.7 Å². The summed E-state index contributed by atoms with van der Waals surface area (Å²) in [5, 5.41) is 6.00. The third-order valence-electron chi connectivity index (χ3n) is 5.17. The van der Waals surface area contributed by atoms with E-state index in [1.165, 1.54) is 35.6 Å². The summed E-state index contributed by atoms with van der Waals surface area (Å²) in [5.74, 6) is -0.969. The molecule has 172 valence electrons. The van der Waals surface area contributed by atoms with E-state index in [4.69, 9.17) is 4.74 Å². The Kier molecular flexibility index (Phi) is 7.77. The molecule has 1 aromatic heterocycles. The van der Waals surface area contributed by atoms with E-state index < -0.39 is 0 Å². The van der Waals surface area contributed by atoms with E-state index in [9.17, 15) is 14.0 Å². The number of halogens is 1. The van der Waals surface area contributed by atoms with Crippen LogP contribution in [0.15, 0.2) is 54.6 Å². The van der Waals surface area contributed by atoms with Gasteiger partial charge in [-0.2, -0.15) is 0 Å². The topological polar surface area (TPSA) is 83.6 Å². The van der Waals surface area contributed by atoms with Crippen LogP contribution in [0.25, 0.3) is 11.3 Å². The molecule has 3 aromatic rings. The molecule has 0 unspecified atom stereocenters. The van der Waals surface area contributed by atoms with Crippen molar-refractivity contribution in [3.63, 3.8) is 0 Å². The number of benzene rings is 2. The van der Waals surface area contributed by atoms with Gasteiger partial charge in [0, 0.05) is 48.6 Å². The van der Waals surface area contributed by atoms with Gasteiger partial charge in [0.1, 0.15) is 5.82 Å². The molecule has 0 spiro atoms. The Morgan fingerprint density at radius 1 is 0.970 bits per heavy atom. The third-order valence-corrected chi connectivity index (χ3v) is 6.12. The Labute approximate surface area is 195 Å². The molecule has 7 nitrogen and oxygen atoms in total. The minimum Gasteiger partial charge on any atom is -0.379 e. The molecule has 33 heavy (non-hydrogen) atoms. The normalized spacial score (nSPS) is 14.1. The van der Waals surface area contributed by atoms with Gasteiger partial charge in [-0.1, -0.05) is 41.7 Å². The van der Waals surface area contributed by atoms with E-state index in [-0.39, 0.29) is 30.5 Å². The molecule has 0 atom stereocenters. The van der Waals surface area contributed by atoms with E-state index >= 15 is 0 Å². The van der Waals surface area contributed by atoms with Crippen LogP contribution in [-0.4, -0.2) is 48.0 Å². The van der Waals surface area contributed by atoms with Gasteiger partial charge < -0.3 is 15.4 Å². The van der Waals surface area contributed by atoms with Gasteiger partial charge in [-0.3, -0.25) is 14.5 Å². The van der Waals surface area contributed by atoms with Crippen LogP contribution in [0.4, 0.5) is 15.2 Å². The molecule has 0 saturated carbocycles. The fourth-order valence-corrected chi connectivity index (χ4v) is 4.50. The molecule has 0 radical (unpaired) electrons. The molecule has 0 bridgehead atoms. The Morgan fingerprint density at radius 3 is 2.33 bits per heavy atom. The van der Waals surface area contributed by atoms with Crippen molar-refractivity contribution in [2.24, 2.45) is 0 Å². The Bertz CT molecular complexity index is 1080. The van der Waals surface area contributed by atoms with Crippen LogP contribution in [0.5, 0.6) is 0 Å². The molecular weight excluding hydrogens is 443 g/mol. The molecule has 1 aliphatic heterocycles. The lowest BCUT2D eigenvalue weighted by Crippen LogP contribution is -2.35. The average molecular weight is 469 g/mol. The van der Waals surface area contributed by atoms with Crippen LogP contribution >= 0.6 is 11.3 Å². The van der Waals surface area contributed by atoms with Gasteiger partial charge in [-0.25, -0.2) is 9.37 Å². The van der Waals surface area contributed by atoms with E-state index in [0.29, 0.717) is 24.0 Å². The fourth-order valence-electron chi connectivity index (χ4n) is 3.46. The number of rotatable bonds is 8. The maximum absolute atomic E-state index is 13.0. The van der Waals surface area contributed by atoms with Gasteiger partial charge in [-0.15, -0.1) is 0 Å². The average Bonchev–Trinajstić information content (AvgIpc) is 3.22. The van der Waals surface area contributed by atoms with Gasteiger partial charge in [0.25, 0.3) is 0 Å². The minimum absolute atomic E-state index is 0.0146. The van der Waals surface area contributed by atoms with Crippen LogP contribution in [0.3, 0.4) is 0 Å². The van der Waals surface area contributed by atoms with Crippen molar-refractivity contribution < 1.29 is 18.7 Å². The van der Waals surface area contributed by atoms with Gasteiger partial charge in [0.15, 0.2) is 5.13 Å². The molecular formula is C24H25FN4O3S. The largest absolute Gasteiger partial charge is 0.379 e. The van der Waals surface area contributed by atoms with Crippen molar-refractivity contribution in [3.05, 3.63) is 65.3 Å². The Morgan fingerprint density at radius 2 is 1.64 bits per heavy atom. The monoisotopic (exact) mass is 468 g/mol. The van der Waals surface area contributed by atoms with E-state index in [0.717, 1.165) is 35.8 Å². The maximum atomic E-state index is 13.0. The first-order chi connectivity index (χ1) is 16.1. The summed E-state index contributed by atoms with van der Waals surface area (Å²) < 4.78 is 18.4. The van der Waals surface area contributed by atoms with Crippen LogP contribution in [0.2, 0.25) is 0 Å². The number of thiazole rings is 1. The predicted octanol–water partition coefficient (Wildman–Crippen LogP) is 4.14. The molecule has 2 aromatic carbocycles. The lowest BCUT2D eigenvalue weighted by molar-refractivity contribution is -0.121. The summed E-state index contributed by atoms with van der Waals surface area (Å²) in [6.45, 7) is 3.88. The quantitative estimate of drug-likeness (QED) is 0.519. The molecule has 2 heterocycles. The maximum Gasteiger partial charge on any atom is 0.226 e. The Balaban J connectivity index is 1.37. The van der Waals surface area contributed by atoms with Gasteiger partial charge in [0.05, 0.1) is 18.9 Å². The standard InChI is InChI=1S/C24H25FN4O3S/c25-18-6-8-19(9-7-18)26-21(30)10-11-22(31)27-24-28-23(17-4-2-1-3-5-17)20(33-24)16-29-12-14-32-15-13-29/h1-9H,10-16H2,(H,26,30)(H,27,28,31). The second kappa shape index (κ2) is 11.1. The smallest absolute Gasteiger partial charge is 0.226 e. The zero-order valence-corrected chi connectivity index (χ0v) is 18.9. The number of amides is 2. The Hall–Kier alpha value is -3.14. The first-order valence-corrected chi connectivity index (χ1v) is 11.6. The van der Waals surface area contributed by atoms with Crippen LogP contribution < -0.4 is 10.6 Å². The van der Waals surface area contributed by atoms with Crippen molar-refractivity contribution in [2.75, 3.05) is 36.9 Å². The lowest BCUT2D eigenvalue weighted by Gasteiger charge is -2.26. The molecule has 0 aliphatic carbocycles. The number of nitrogens with zero attached hydrogens (tertiary/aromatic N) is 2. The molecule has 1 fully saturated rings. The van der Waals surface area contributed by atoms with Crippen LogP contribution in [0, 0.1) is 5.82 Å². The van der Waals surface area contributed by atoms with Crippen molar-refractivity contribution in [1.29, 1.82) is 0 Å². The van der Waals surface area contributed by atoms with Crippen molar-refractivity contribution in [3.8, 4) is 11.3 Å². The third kappa shape index (κ3) is 6.67. The number of carbonyl (C=O) groups excluding carboxylic acids is 2. The number of ether oxygens (including phenoxy) is 1. The second-order valence-corrected chi connectivity index (χ2v) is 8.73. The molecule has 2 amide bonds. The van der Waals surface area contributed by atoms with Crippen LogP contribution in [-0.2, 0) is 20.9 Å². The zero-order chi connectivity index (χ0) is 23.0. The fraction of sp³-hybridized carbons (Fsp3) is 0.292. The van der Waals surface area contributed by atoms with Gasteiger partial charge in [-0.05, 0) is 24.3 Å². The molecule has 2 N–H and O–H groups in total. The van der Waals surface area contributed by atoms with Crippen molar-refractivity contribution >= 4 is 34.0 Å². The zero-order valence-electron chi connectivity index (χ0n) is 18.1. The van der Waals surface area contributed by atoms with Gasteiger partial charge in [0.2, 0.25) is 11.8 Å². The number of morpholine rings is 1. The SMILES string of the molecule is O=C(CCC(=O)Nc1nc(-c2ccccc2)c(CN2CCOCC2)s1)Nc1ccc(F)cc1. The summed E-state index contributed by atoms with van der Waals surface area (Å²) in [7, 11) is 0.